The molecule has 128 valence electrons. The Balaban J connectivity index is 1.55. The minimum absolute atomic E-state index is 0.115. The van der Waals surface area contributed by atoms with Crippen LogP contribution in [-0.2, 0) is 0 Å². The minimum atomic E-state index is -0.115. The molecule has 1 fully saturated rings. The van der Waals surface area contributed by atoms with Crippen LogP contribution in [0, 0.1) is 0 Å². The highest BCUT2D eigenvalue weighted by Crippen LogP contribution is 2.30. The lowest BCUT2D eigenvalue weighted by Gasteiger charge is -2.23. The summed E-state index contributed by atoms with van der Waals surface area (Å²) in [6.45, 7) is 0. The number of anilines is 1. The van der Waals surface area contributed by atoms with Gasteiger partial charge in [0.15, 0.2) is 0 Å². The van der Waals surface area contributed by atoms with Crippen LogP contribution in [0.3, 0.4) is 0 Å². The number of H-pyrrole nitrogens is 1. The monoisotopic (exact) mass is 333 g/mol. The molecular formula is C21H23N3O. The summed E-state index contributed by atoms with van der Waals surface area (Å²) in [6, 6.07) is 18.4. The van der Waals surface area contributed by atoms with Gasteiger partial charge >= 0.3 is 6.03 Å². The Morgan fingerprint density at radius 1 is 0.960 bits per heavy atom. The molecule has 2 amide bonds. The molecule has 0 unspecified atom stereocenters. The average Bonchev–Trinajstić information content (AvgIpc) is 3.07. The maximum atomic E-state index is 12.4. The van der Waals surface area contributed by atoms with Crippen molar-refractivity contribution in [3.05, 3.63) is 54.6 Å². The minimum Gasteiger partial charge on any atom is -0.354 e. The highest BCUT2D eigenvalue weighted by molar-refractivity contribution is 5.96. The number of aromatic amines is 1. The van der Waals surface area contributed by atoms with Crippen LogP contribution < -0.4 is 10.6 Å². The molecule has 3 N–H and O–H groups in total. The first-order chi connectivity index (χ1) is 12.3. The third kappa shape index (κ3) is 3.53. The molecule has 0 radical (unpaired) electrons. The van der Waals surface area contributed by atoms with Crippen LogP contribution in [0.1, 0.15) is 32.1 Å². The molecule has 1 saturated carbocycles. The Bertz CT molecular complexity index is 844. The van der Waals surface area contributed by atoms with Crippen LogP contribution in [-0.4, -0.2) is 17.1 Å². The molecule has 4 heteroatoms. The number of nitrogens with one attached hydrogen (secondary N) is 3. The molecule has 4 rings (SSSR count). The molecule has 0 bridgehead atoms. The standard InChI is InChI=1S/C21H23N3O/c25-21(22-16-9-2-1-3-10-16)24-19-13-7-5-11-17(19)20-14-15-8-4-6-12-18(15)23-20/h4-8,11-14,16,23H,1-3,9-10H2,(H2,22,24,25). The maximum Gasteiger partial charge on any atom is 0.319 e. The molecule has 0 aliphatic heterocycles. The lowest BCUT2D eigenvalue weighted by molar-refractivity contribution is 0.244. The Hall–Kier alpha value is -2.75. The summed E-state index contributed by atoms with van der Waals surface area (Å²) >= 11 is 0. The zero-order valence-corrected chi connectivity index (χ0v) is 14.2. The number of carbonyl (C=O) groups is 1. The molecule has 0 spiro atoms. The molecule has 1 aliphatic rings. The summed E-state index contributed by atoms with van der Waals surface area (Å²) < 4.78 is 0. The van der Waals surface area contributed by atoms with E-state index in [1.54, 1.807) is 0 Å². The van der Waals surface area contributed by atoms with Crippen LogP contribution >= 0.6 is 0 Å². The first kappa shape index (κ1) is 15.8. The van der Waals surface area contributed by atoms with Crippen molar-refractivity contribution in [3.8, 4) is 11.3 Å². The number of para-hydroxylation sites is 2. The van der Waals surface area contributed by atoms with Crippen LogP contribution in [0.5, 0.6) is 0 Å². The smallest absolute Gasteiger partial charge is 0.319 e. The fraction of sp³-hybridized carbons (Fsp3) is 0.286. The van der Waals surface area contributed by atoms with Crippen LogP contribution in [0.25, 0.3) is 22.2 Å². The van der Waals surface area contributed by atoms with Crippen molar-refractivity contribution in [2.24, 2.45) is 0 Å². The van der Waals surface area contributed by atoms with Crippen molar-refractivity contribution >= 4 is 22.6 Å². The van der Waals surface area contributed by atoms with Crippen LogP contribution in [0.15, 0.2) is 54.6 Å². The fourth-order valence-electron chi connectivity index (χ4n) is 3.64. The Kier molecular flexibility index (Phi) is 4.42. The first-order valence-electron chi connectivity index (χ1n) is 9.04. The summed E-state index contributed by atoms with van der Waals surface area (Å²) in [6.07, 6.45) is 5.85. The molecule has 3 aromatic rings. The van der Waals surface area contributed by atoms with Crippen molar-refractivity contribution in [2.45, 2.75) is 38.1 Å². The number of rotatable bonds is 3. The molecule has 25 heavy (non-hydrogen) atoms. The van der Waals surface area contributed by atoms with Crippen molar-refractivity contribution in [1.82, 2.24) is 10.3 Å². The second-order valence-corrected chi connectivity index (χ2v) is 6.75. The van der Waals surface area contributed by atoms with E-state index < -0.39 is 0 Å². The van der Waals surface area contributed by atoms with Gasteiger partial charge in [0.2, 0.25) is 0 Å². The predicted molar refractivity (Wildman–Crippen MR) is 103 cm³/mol. The Morgan fingerprint density at radius 3 is 2.56 bits per heavy atom. The fourth-order valence-corrected chi connectivity index (χ4v) is 3.64. The van der Waals surface area contributed by atoms with Crippen molar-refractivity contribution < 1.29 is 4.79 Å². The number of benzene rings is 2. The molecule has 1 aromatic heterocycles. The topological polar surface area (TPSA) is 56.9 Å². The molecule has 2 aromatic carbocycles. The quantitative estimate of drug-likeness (QED) is 0.599. The predicted octanol–water partition coefficient (Wildman–Crippen LogP) is 5.29. The van der Waals surface area contributed by atoms with Gasteiger partial charge in [0.05, 0.1) is 5.69 Å². The van der Waals surface area contributed by atoms with Gasteiger partial charge in [-0.1, -0.05) is 55.7 Å². The van der Waals surface area contributed by atoms with E-state index in [4.69, 9.17) is 0 Å². The molecule has 0 atom stereocenters. The van der Waals surface area contributed by atoms with E-state index in [0.717, 1.165) is 35.3 Å². The van der Waals surface area contributed by atoms with E-state index in [1.807, 2.05) is 36.4 Å². The SMILES string of the molecule is O=C(Nc1ccccc1-c1cc2ccccc2[nH]1)NC1CCCCC1. The lowest BCUT2D eigenvalue weighted by atomic mass is 9.96. The van der Waals surface area contributed by atoms with Gasteiger partial charge in [-0.15, -0.1) is 0 Å². The molecule has 1 aliphatic carbocycles. The number of carbonyl (C=O) groups excluding carboxylic acids is 1. The summed E-state index contributed by atoms with van der Waals surface area (Å²) in [4.78, 5) is 15.8. The number of hydrogen-bond acceptors (Lipinski definition) is 1. The van der Waals surface area contributed by atoms with E-state index in [2.05, 4.69) is 33.8 Å². The number of aromatic nitrogens is 1. The second-order valence-electron chi connectivity index (χ2n) is 6.75. The van der Waals surface area contributed by atoms with Gasteiger partial charge in [0, 0.05) is 28.2 Å². The van der Waals surface area contributed by atoms with Crippen molar-refractivity contribution in [3.63, 3.8) is 0 Å². The highest BCUT2D eigenvalue weighted by Gasteiger charge is 2.16. The van der Waals surface area contributed by atoms with Gasteiger partial charge in [-0.3, -0.25) is 0 Å². The Labute approximate surface area is 147 Å². The molecular weight excluding hydrogens is 310 g/mol. The zero-order chi connectivity index (χ0) is 17.1. The third-order valence-corrected chi connectivity index (χ3v) is 4.94. The normalized spacial score (nSPS) is 15.2. The highest BCUT2D eigenvalue weighted by atomic mass is 16.2. The Morgan fingerprint density at radius 2 is 1.72 bits per heavy atom. The number of fused-ring (bicyclic) bond motifs is 1. The van der Waals surface area contributed by atoms with Crippen LogP contribution in [0.4, 0.5) is 10.5 Å². The lowest BCUT2D eigenvalue weighted by Crippen LogP contribution is -2.39. The van der Waals surface area contributed by atoms with E-state index in [1.165, 1.54) is 24.6 Å². The average molecular weight is 333 g/mol. The van der Waals surface area contributed by atoms with Gasteiger partial charge in [0.1, 0.15) is 0 Å². The molecule has 4 nitrogen and oxygen atoms in total. The largest absolute Gasteiger partial charge is 0.354 e. The third-order valence-electron chi connectivity index (χ3n) is 4.94. The second kappa shape index (κ2) is 7.01. The summed E-state index contributed by atoms with van der Waals surface area (Å²) in [5.74, 6) is 0. The molecule has 0 saturated heterocycles. The van der Waals surface area contributed by atoms with E-state index in [9.17, 15) is 4.79 Å². The van der Waals surface area contributed by atoms with E-state index >= 15 is 0 Å². The summed E-state index contributed by atoms with van der Waals surface area (Å²) in [7, 11) is 0. The van der Waals surface area contributed by atoms with E-state index in [-0.39, 0.29) is 6.03 Å². The van der Waals surface area contributed by atoms with Crippen molar-refractivity contribution in [2.75, 3.05) is 5.32 Å². The summed E-state index contributed by atoms with van der Waals surface area (Å²) in [5, 5.41) is 7.31. The van der Waals surface area contributed by atoms with Gasteiger partial charge in [-0.25, -0.2) is 4.79 Å². The van der Waals surface area contributed by atoms with Gasteiger partial charge in [-0.2, -0.15) is 0 Å². The summed E-state index contributed by atoms with van der Waals surface area (Å²) in [5.41, 5.74) is 3.92. The first-order valence-corrected chi connectivity index (χ1v) is 9.04. The van der Waals surface area contributed by atoms with Gasteiger partial charge in [0.25, 0.3) is 0 Å². The number of hydrogen-bond donors (Lipinski definition) is 3. The van der Waals surface area contributed by atoms with E-state index in [0.29, 0.717) is 6.04 Å². The van der Waals surface area contributed by atoms with Crippen molar-refractivity contribution in [1.29, 1.82) is 0 Å². The number of amides is 2. The van der Waals surface area contributed by atoms with Crippen LogP contribution in [0.2, 0.25) is 0 Å². The zero-order valence-electron chi connectivity index (χ0n) is 14.2. The molecule has 1 heterocycles. The maximum absolute atomic E-state index is 12.4. The van der Waals surface area contributed by atoms with Gasteiger partial charge < -0.3 is 15.6 Å². The number of urea groups is 1. The van der Waals surface area contributed by atoms with Gasteiger partial charge in [-0.05, 0) is 31.0 Å².